The highest BCUT2D eigenvalue weighted by Gasteiger charge is 2.00. The van der Waals surface area contributed by atoms with Gasteiger partial charge in [0, 0.05) is 29.8 Å². The summed E-state index contributed by atoms with van der Waals surface area (Å²) in [6.45, 7) is 1.27. The predicted molar refractivity (Wildman–Crippen MR) is 107 cm³/mol. The number of amides is 1. The van der Waals surface area contributed by atoms with E-state index in [1.165, 1.54) is 6.08 Å². The number of carbonyl (C=O) groups excluding carboxylic acids is 1. The number of nitrogens with one attached hydrogen (secondary N) is 1. The molecule has 0 saturated heterocycles. The first-order valence-corrected chi connectivity index (χ1v) is 9.42. The van der Waals surface area contributed by atoms with Crippen LogP contribution in [0.15, 0.2) is 72.3 Å². The smallest absolute Gasteiger partial charge is 0.244 e. The molecule has 1 aromatic carbocycles. The highest BCUT2D eigenvalue weighted by Crippen LogP contribution is 2.11. The summed E-state index contributed by atoms with van der Waals surface area (Å²) in [5, 5.41) is 4.80. The fourth-order valence-electron chi connectivity index (χ4n) is 2.22. The maximum atomic E-state index is 11.8. The third-order valence-electron chi connectivity index (χ3n) is 3.55. The second-order valence-electron chi connectivity index (χ2n) is 5.58. The van der Waals surface area contributed by atoms with E-state index in [9.17, 15) is 4.79 Å². The topological polar surface area (TPSA) is 60.5 Å². The third-order valence-corrected chi connectivity index (χ3v) is 4.39. The molecular formula is C21H20N2O3S. The first-order chi connectivity index (χ1) is 13.3. The van der Waals surface area contributed by atoms with E-state index in [1.54, 1.807) is 29.7 Å². The molecule has 0 unspecified atom stereocenters. The maximum absolute atomic E-state index is 11.8. The molecule has 138 valence electrons. The Labute approximate surface area is 162 Å². The molecule has 0 spiro atoms. The van der Waals surface area contributed by atoms with Crippen molar-refractivity contribution in [2.45, 2.75) is 6.54 Å². The molecule has 0 saturated carbocycles. The standard InChI is InChI=1S/C21H20N2O3S/c24-20(10-9-19-7-4-14-27-19)22-15-17-8-11-21(23-16-17)26-13-12-25-18-5-2-1-3-6-18/h1-11,14,16H,12-13,15H2,(H,22,24)/b10-9+. The molecular weight excluding hydrogens is 360 g/mol. The first kappa shape index (κ1) is 18.7. The van der Waals surface area contributed by atoms with E-state index in [0.29, 0.717) is 25.6 Å². The van der Waals surface area contributed by atoms with Gasteiger partial charge in [-0.15, -0.1) is 11.3 Å². The van der Waals surface area contributed by atoms with Crippen LogP contribution < -0.4 is 14.8 Å². The van der Waals surface area contributed by atoms with Gasteiger partial charge in [-0.3, -0.25) is 4.79 Å². The van der Waals surface area contributed by atoms with E-state index >= 15 is 0 Å². The molecule has 1 amide bonds. The lowest BCUT2D eigenvalue weighted by molar-refractivity contribution is -0.116. The Morgan fingerprint density at radius 3 is 2.63 bits per heavy atom. The quantitative estimate of drug-likeness (QED) is 0.451. The lowest BCUT2D eigenvalue weighted by Crippen LogP contribution is -2.20. The number of aromatic nitrogens is 1. The number of ether oxygens (including phenoxy) is 2. The first-order valence-electron chi connectivity index (χ1n) is 8.54. The SMILES string of the molecule is O=C(/C=C/c1cccs1)NCc1ccc(OCCOc2ccccc2)nc1. The van der Waals surface area contributed by atoms with Crippen LogP contribution in [-0.2, 0) is 11.3 Å². The minimum atomic E-state index is -0.137. The van der Waals surface area contributed by atoms with Crippen molar-refractivity contribution in [2.24, 2.45) is 0 Å². The van der Waals surface area contributed by atoms with E-state index in [4.69, 9.17) is 9.47 Å². The summed E-state index contributed by atoms with van der Waals surface area (Å²) in [6.07, 6.45) is 5.02. The summed E-state index contributed by atoms with van der Waals surface area (Å²) in [5.41, 5.74) is 0.903. The van der Waals surface area contributed by atoms with Gasteiger partial charge >= 0.3 is 0 Å². The van der Waals surface area contributed by atoms with Gasteiger partial charge in [-0.1, -0.05) is 30.3 Å². The van der Waals surface area contributed by atoms with E-state index in [-0.39, 0.29) is 5.91 Å². The van der Waals surface area contributed by atoms with Gasteiger partial charge in [-0.2, -0.15) is 0 Å². The van der Waals surface area contributed by atoms with Crippen LogP contribution in [0.4, 0.5) is 0 Å². The van der Waals surface area contributed by atoms with Gasteiger partial charge < -0.3 is 14.8 Å². The van der Waals surface area contributed by atoms with Gasteiger partial charge in [0.2, 0.25) is 11.8 Å². The number of hydrogen-bond acceptors (Lipinski definition) is 5. The van der Waals surface area contributed by atoms with Crippen molar-refractivity contribution in [3.63, 3.8) is 0 Å². The van der Waals surface area contributed by atoms with Crippen molar-refractivity contribution < 1.29 is 14.3 Å². The molecule has 2 heterocycles. The molecule has 3 aromatic rings. The number of benzene rings is 1. The van der Waals surface area contributed by atoms with Crippen LogP contribution in [0.3, 0.4) is 0 Å². The van der Waals surface area contributed by atoms with Crippen molar-refractivity contribution >= 4 is 23.3 Å². The van der Waals surface area contributed by atoms with Crippen LogP contribution in [0.5, 0.6) is 11.6 Å². The number of hydrogen-bond donors (Lipinski definition) is 1. The van der Waals surface area contributed by atoms with Crippen molar-refractivity contribution in [3.8, 4) is 11.6 Å². The molecule has 0 atom stereocenters. The monoisotopic (exact) mass is 380 g/mol. The summed E-state index contributed by atoms with van der Waals surface area (Å²) in [4.78, 5) is 17.1. The van der Waals surface area contributed by atoms with Crippen LogP contribution in [0.1, 0.15) is 10.4 Å². The van der Waals surface area contributed by atoms with E-state index in [2.05, 4.69) is 10.3 Å². The molecule has 0 aliphatic carbocycles. The lowest BCUT2D eigenvalue weighted by Gasteiger charge is -2.08. The molecule has 3 rings (SSSR count). The number of pyridine rings is 1. The van der Waals surface area contributed by atoms with Crippen LogP contribution in [0.2, 0.25) is 0 Å². The molecule has 0 fully saturated rings. The number of nitrogens with zero attached hydrogens (tertiary/aromatic N) is 1. The van der Waals surface area contributed by atoms with Gasteiger partial charge in [-0.25, -0.2) is 4.98 Å². The molecule has 5 nitrogen and oxygen atoms in total. The predicted octanol–water partition coefficient (Wildman–Crippen LogP) is 3.93. The van der Waals surface area contributed by atoms with E-state index < -0.39 is 0 Å². The number of thiophene rings is 1. The largest absolute Gasteiger partial charge is 0.490 e. The average molecular weight is 380 g/mol. The number of rotatable bonds is 9. The lowest BCUT2D eigenvalue weighted by atomic mass is 10.3. The third kappa shape index (κ3) is 6.60. The van der Waals surface area contributed by atoms with E-state index in [0.717, 1.165) is 16.2 Å². The molecule has 1 N–H and O–H groups in total. The van der Waals surface area contributed by atoms with Crippen LogP contribution in [0.25, 0.3) is 6.08 Å². The van der Waals surface area contributed by atoms with Crippen molar-refractivity contribution in [2.75, 3.05) is 13.2 Å². The van der Waals surface area contributed by atoms with Crippen LogP contribution >= 0.6 is 11.3 Å². The molecule has 2 aromatic heterocycles. The zero-order valence-corrected chi connectivity index (χ0v) is 15.5. The summed E-state index contributed by atoms with van der Waals surface area (Å²) in [6, 6.07) is 17.2. The fraction of sp³-hybridized carbons (Fsp3) is 0.143. The minimum absolute atomic E-state index is 0.137. The zero-order chi connectivity index (χ0) is 18.7. The van der Waals surface area contributed by atoms with Crippen molar-refractivity contribution in [3.05, 3.63) is 82.7 Å². The minimum Gasteiger partial charge on any atom is -0.490 e. The Morgan fingerprint density at radius 2 is 1.89 bits per heavy atom. The van der Waals surface area contributed by atoms with Gasteiger partial charge in [0.15, 0.2) is 0 Å². The van der Waals surface area contributed by atoms with Crippen LogP contribution in [-0.4, -0.2) is 24.1 Å². The molecule has 0 bridgehead atoms. The Hall–Kier alpha value is -3.12. The van der Waals surface area contributed by atoms with Crippen molar-refractivity contribution in [1.82, 2.24) is 10.3 Å². The summed E-state index contributed by atoms with van der Waals surface area (Å²) >= 11 is 1.59. The summed E-state index contributed by atoms with van der Waals surface area (Å²) in [7, 11) is 0. The molecule has 0 aliphatic heterocycles. The summed E-state index contributed by atoms with van der Waals surface area (Å²) in [5.74, 6) is 1.20. The second kappa shape index (κ2) is 10.1. The summed E-state index contributed by atoms with van der Waals surface area (Å²) < 4.78 is 11.1. The highest BCUT2D eigenvalue weighted by molar-refractivity contribution is 7.10. The maximum Gasteiger partial charge on any atom is 0.244 e. The van der Waals surface area contributed by atoms with Crippen molar-refractivity contribution in [1.29, 1.82) is 0 Å². The Bertz CT molecular complexity index is 847. The molecule has 27 heavy (non-hydrogen) atoms. The van der Waals surface area contributed by atoms with Crippen LogP contribution in [0, 0.1) is 0 Å². The Morgan fingerprint density at radius 1 is 1.04 bits per heavy atom. The zero-order valence-electron chi connectivity index (χ0n) is 14.7. The van der Waals surface area contributed by atoms with Gasteiger partial charge in [-0.05, 0) is 35.2 Å². The Kier molecular flexibility index (Phi) is 7.00. The fourth-order valence-corrected chi connectivity index (χ4v) is 2.83. The second-order valence-corrected chi connectivity index (χ2v) is 6.56. The molecule has 0 radical (unpaired) electrons. The normalized spacial score (nSPS) is 10.7. The Balaban J connectivity index is 1.36. The van der Waals surface area contributed by atoms with Gasteiger partial charge in [0.1, 0.15) is 19.0 Å². The number of para-hydroxylation sites is 1. The molecule has 6 heteroatoms. The van der Waals surface area contributed by atoms with E-state index in [1.807, 2.05) is 53.9 Å². The molecule has 0 aliphatic rings. The highest BCUT2D eigenvalue weighted by atomic mass is 32.1. The van der Waals surface area contributed by atoms with Gasteiger partial charge in [0.05, 0.1) is 0 Å². The number of carbonyl (C=O) groups is 1. The average Bonchev–Trinajstić information content (AvgIpc) is 3.23. The van der Waals surface area contributed by atoms with Gasteiger partial charge in [0.25, 0.3) is 0 Å².